The molecule has 1 saturated carbocycles. The molecule has 0 aromatic heterocycles. The smallest absolute Gasteiger partial charge is 0.317 e. The number of urea groups is 1. The van der Waals surface area contributed by atoms with E-state index in [9.17, 15) is 14.4 Å². The minimum atomic E-state index is -0.620. The molecular formula is C25H37ClN4O3. The average molecular weight is 477 g/mol. The van der Waals surface area contributed by atoms with Crippen molar-refractivity contribution in [1.82, 2.24) is 20.9 Å². The Morgan fingerprint density at radius 1 is 0.970 bits per heavy atom. The predicted molar refractivity (Wildman–Crippen MR) is 130 cm³/mol. The van der Waals surface area contributed by atoms with Crippen molar-refractivity contribution in [2.75, 3.05) is 13.1 Å². The van der Waals surface area contributed by atoms with Gasteiger partial charge in [0.25, 0.3) is 5.91 Å². The molecule has 1 aliphatic carbocycles. The maximum absolute atomic E-state index is 13.1. The summed E-state index contributed by atoms with van der Waals surface area (Å²) in [6.45, 7) is 5.21. The molecule has 1 aromatic rings. The fraction of sp³-hybridized carbons (Fsp3) is 0.640. The minimum Gasteiger partial charge on any atom is -0.351 e. The Morgan fingerprint density at radius 2 is 1.58 bits per heavy atom. The van der Waals surface area contributed by atoms with Crippen molar-refractivity contribution in [2.45, 2.75) is 83.3 Å². The molecule has 182 valence electrons. The van der Waals surface area contributed by atoms with Crippen molar-refractivity contribution < 1.29 is 14.4 Å². The van der Waals surface area contributed by atoms with Crippen LogP contribution in [0.4, 0.5) is 4.79 Å². The predicted octanol–water partition coefficient (Wildman–Crippen LogP) is 4.11. The van der Waals surface area contributed by atoms with Crippen molar-refractivity contribution in [3.63, 3.8) is 0 Å². The van der Waals surface area contributed by atoms with E-state index >= 15 is 0 Å². The number of carbonyl (C=O) groups is 3. The lowest BCUT2D eigenvalue weighted by atomic mass is 9.95. The minimum absolute atomic E-state index is 0.00443. The van der Waals surface area contributed by atoms with Gasteiger partial charge in [-0.15, -0.1) is 0 Å². The number of nitrogens with one attached hydrogen (secondary N) is 3. The van der Waals surface area contributed by atoms with Gasteiger partial charge >= 0.3 is 6.03 Å². The number of benzene rings is 1. The molecule has 1 saturated heterocycles. The zero-order valence-corrected chi connectivity index (χ0v) is 20.5. The van der Waals surface area contributed by atoms with E-state index in [0.717, 1.165) is 19.3 Å². The monoisotopic (exact) mass is 476 g/mol. The molecule has 2 fully saturated rings. The van der Waals surface area contributed by atoms with Crippen LogP contribution in [0.15, 0.2) is 24.3 Å². The molecule has 1 heterocycles. The van der Waals surface area contributed by atoms with Gasteiger partial charge in [0, 0.05) is 35.8 Å². The molecule has 3 rings (SSSR count). The lowest BCUT2D eigenvalue weighted by Crippen LogP contribution is -2.55. The zero-order chi connectivity index (χ0) is 23.8. The van der Waals surface area contributed by atoms with Gasteiger partial charge < -0.3 is 20.9 Å². The van der Waals surface area contributed by atoms with Crippen molar-refractivity contribution in [1.29, 1.82) is 0 Å². The van der Waals surface area contributed by atoms with Gasteiger partial charge in [-0.05, 0) is 55.9 Å². The van der Waals surface area contributed by atoms with Crippen LogP contribution in [-0.2, 0) is 4.79 Å². The number of rotatable bonds is 7. The van der Waals surface area contributed by atoms with E-state index in [1.807, 2.05) is 18.7 Å². The Kier molecular flexibility index (Phi) is 9.41. The molecule has 8 heteroatoms. The number of likely N-dealkylation sites (tertiary alicyclic amines) is 1. The standard InChI is InChI=1S/C25H37ClN4O3/c1-3-17(2)22(29-23(31)18-9-11-19(26)12-10-18)24(32)27-21-13-15-30(16-14-21)25(33)28-20-7-5-4-6-8-20/h9-12,17,20-22H,3-8,13-16H2,1-2H3,(H,27,32)(H,28,33)(H,29,31). The first-order valence-corrected chi connectivity index (χ1v) is 12.7. The SMILES string of the molecule is CCC(C)C(NC(=O)c1ccc(Cl)cc1)C(=O)NC1CCN(C(=O)NC2CCCCC2)CC1. The molecular weight excluding hydrogens is 440 g/mol. The van der Waals surface area contributed by atoms with Crippen molar-refractivity contribution in [3.05, 3.63) is 34.9 Å². The molecule has 1 aliphatic heterocycles. The van der Waals surface area contributed by atoms with E-state index in [1.54, 1.807) is 24.3 Å². The molecule has 1 aromatic carbocycles. The largest absolute Gasteiger partial charge is 0.351 e. The van der Waals surface area contributed by atoms with Crippen molar-refractivity contribution in [2.24, 2.45) is 5.92 Å². The molecule has 0 spiro atoms. The van der Waals surface area contributed by atoms with Crippen LogP contribution in [0.5, 0.6) is 0 Å². The second-order valence-electron chi connectivity index (χ2n) is 9.40. The summed E-state index contributed by atoms with van der Waals surface area (Å²) in [5.41, 5.74) is 0.470. The Hall–Kier alpha value is -2.28. The first-order chi connectivity index (χ1) is 15.9. The Labute approximate surface area is 202 Å². The molecule has 0 bridgehead atoms. The molecule has 7 nitrogen and oxygen atoms in total. The summed E-state index contributed by atoms with van der Waals surface area (Å²) in [7, 11) is 0. The summed E-state index contributed by atoms with van der Waals surface area (Å²) in [4.78, 5) is 40.2. The van der Waals surface area contributed by atoms with Gasteiger partial charge in [0.15, 0.2) is 0 Å². The lowest BCUT2D eigenvalue weighted by molar-refractivity contribution is -0.125. The van der Waals surface area contributed by atoms with Gasteiger partial charge in [-0.25, -0.2) is 4.79 Å². The van der Waals surface area contributed by atoms with Crippen LogP contribution in [0.3, 0.4) is 0 Å². The van der Waals surface area contributed by atoms with Crippen molar-refractivity contribution >= 4 is 29.4 Å². The lowest BCUT2D eigenvalue weighted by Gasteiger charge is -2.35. The molecule has 4 amide bonds. The number of nitrogens with zero attached hydrogens (tertiary/aromatic N) is 1. The van der Waals surface area contributed by atoms with Crippen LogP contribution < -0.4 is 16.0 Å². The van der Waals surface area contributed by atoms with Gasteiger partial charge in [-0.2, -0.15) is 0 Å². The topological polar surface area (TPSA) is 90.5 Å². The third-order valence-electron chi connectivity index (χ3n) is 6.95. The van der Waals surface area contributed by atoms with E-state index in [4.69, 9.17) is 11.6 Å². The van der Waals surface area contributed by atoms with E-state index in [-0.39, 0.29) is 29.8 Å². The third kappa shape index (κ3) is 7.36. The maximum Gasteiger partial charge on any atom is 0.317 e. The highest BCUT2D eigenvalue weighted by Gasteiger charge is 2.30. The summed E-state index contributed by atoms with van der Waals surface area (Å²) in [6, 6.07) is 6.30. The van der Waals surface area contributed by atoms with Gasteiger partial charge in [0.05, 0.1) is 0 Å². The molecule has 2 atom stereocenters. The third-order valence-corrected chi connectivity index (χ3v) is 7.20. The zero-order valence-electron chi connectivity index (χ0n) is 19.7. The fourth-order valence-corrected chi connectivity index (χ4v) is 4.68. The van der Waals surface area contributed by atoms with Crippen molar-refractivity contribution in [3.8, 4) is 0 Å². The highest BCUT2D eigenvalue weighted by atomic mass is 35.5. The van der Waals surface area contributed by atoms with Crippen LogP contribution >= 0.6 is 11.6 Å². The summed E-state index contributed by atoms with van der Waals surface area (Å²) in [5.74, 6) is -0.472. The van der Waals surface area contributed by atoms with Crippen LogP contribution in [0.1, 0.15) is 75.6 Å². The number of hydrogen-bond acceptors (Lipinski definition) is 3. The molecule has 2 aliphatic rings. The van der Waals surface area contributed by atoms with Crippen LogP contribution in [0.25, 0.3) is 0 Å². The van der Waals surface area contributed by atoms with Gasteiger partial charge in [-0.1, -0.05) is 51.1 Å². The Bertz CT molecular complexity index is 802. The summed E-state index contributed by atoms with van der Waals surface area (Å²) >= 11 is 5.91. The quantitative estimate of drug-likeness (QED) is 0.553. The summed E-state index contributed by atoms with van der Waals surface area (Å²) < 4.78 is 0. The van der Waals surface area contributed by atoms with Gasteiger partial charge in [0.2, 0.25) is 5.91 Å². The van der Waals surface area contributed by atoms with Gasteiger partial charge in [-0.3, -0.25) is 9.59 Å². The van der Waals surface area contributed by atoms with Gasteiger partial charge in [0.1, 0.15) is 6.04 Å². The maximum atomic E-state index is 13.1. The highest BCUT2D eigenvalue weighted by molar-refractivity contribution is 6.30. The van der Waals surface area contributed by atoms with E-state index in [1.165, 1.54) is 19.3 Å². The highest BCUT2D eigenvalue weighted by Crippen LogP contribution is 2.19. The number of hydrogen-bond donors (Lipinski definition) is 3. The van der Waals surface area contributed by atoms with Crippen LogP contribution in [0.2, 0.25) is 5.02 Å². The molecule has 3 N–H and O–H groups in total. The molecule has 33 heavy (non-hydrogen) atoms. The van der Waals surface area contributed by atoms with E-state index in [2.05, 4.69) is 16.0 Å². The van der Waals surface area contributed by atoms with E-state index in [0.29, 0.717) is 42.6 Å². The van der Waals surface area contributed by atoms with E-state index < -0.39 is 6.04 Å². The number of piperidine rings is 1. The summed E-state index contributed by atoms with van der Waals surface area (Å²) in [6.07, 6.45) is 7.95. The second-order valence-corrected chi connectivity index (χ2v) is 9.83. The number of amides is 4. The Balaban J connectivity index is 1.49. The first kappa shape index (κ1) is 25.3. The summed E-state index contributed by atoms with van der Waals surface area (Å²) in [5, 5.41) is 9.73. The number of carbonyl (C=O) groups excluding carboxylic acids is 3. The Morgan fingerprint density at radius 3 is 2.18 bits per heavy atom. The van der Waals surface area contributed by atoms with Crippen LogP contribution in [0, 0.1) is 5.92 Å². The molecule has 2 unspecified atom stereocenters. The normalized spacial score (nSPS) is 19.4. The number of halogens is 1. The fourth-order valence-electron chi connectivity index (χ4n) is 4.56. The van der Waals surface area contributed by atoms with Crippen LogP contribution in [-0.4, -0.2) is 54.0 Å². The first-order valence-electron chi connectivity index (χ1n) is 12.3. The average Bonchev–Trinajstić information content (AvgIpc) is 2.83. The second kappa shape index (κ2) is 12.3. The molecule has 0 radical (unpaired) electrons.